The molecule has 6 heteroatoms. The smallest absolute Gasteiger partial charge is 0.240 e. The molecule has 2 atom stereocenters. The fourth-order valence-electron chi connectivity index (χ4n) is 2.28. The molecule has 4 N–H and O–H groups in total. The maximum absolute atomic E-state index is 11.6. The van der Waals surface area contributed by atoms with Crippen molar-refractivity contribution in [2.75, 3.05) is 18.0 Å². The fourth-order valence-corrected chi connectivity index (χ4v) is 3.03. The first-order valence-corrected chi connectivity index (χ1v) is 7.56. The number of hydrogen-bond donors (Lipinski definition) is 2. The van der Waals surface area contributed by atoms with E-state index in [-0.39, 0.29) is 10.9 Å². The van der Waals surface area contributed by atoms with Gasteiger partial charge in [0.05, 0.1) is 5.69 Å². The Balaban J connectivity index is 2.35. The number of nitrogens with two attached hydrogens (primary N) is 2. The molecule has 1 heterocycles. The van der Waals surface area contributed by atoms with Gasteiger partial charge in [-0.15, -0.1) is 0 Å². The first-order valence-electron chi connectivity index (χ1n) is 6.02. The molecule has 1 aromatic rings. The zero-order chi connectivity index (χ0) is 13.3. The summed E-state index contributed by atoms with van der Waals surface area (Å²) in [5.74, 6) is 0.461. The van der Waals surface area contributed by atoms with E-state index < -0.39 is 10.0 Å². The minimum atomic E-state index is -3.70. The van der Waals surface area contributed by atoms with Crippen LogP contribution >= 0.6 is 0 Å². The van der Waals surface area contributed by atoms with Crippen LogP contribution in [0.25, 0.3) is 0 Å². The van der Waals surface area contributed by atoms with Crippen LogP contribution in [-0.2, 0) is 10.0 Å². The second-order valence-corrected chi connectivity index (χ2v) is 6.42. The molecule has 1 aromatic carbocycles. The molecule has 0 bridgehead atoms. The van der Waals surface area contributed by atoms with Gasteiger partial charge >= 0.3 is 0 Å². The molecular formula is C12H19N3O2S. The second-order valence-electron chi connectivity index (χ2n) is 4.89. The molecule has 1 aliphatic rings. The van der Waals surface area contributed by atoms with Gasteiger partial charge in [0, 0.05) is 19.1 Å². The van der Waals surface area contributed by atoms with E-state index in [1.54, 1.807) is 12.1 Å². The number of primary sulfonamides is 1. The zero-order valence-corrected chi connectivity index (χ0v) is 11.2. The van der Waals surface area contributed by atoms with Gasteiger partial charge in [-0.3, -0.25) is 0 Å². The Labute approximate surface area is 108 Å². The lowest BCUT2D eigenvalue weighted by Crippen LogP contribution is -2.48. The van der Waals surface area contributed by atoms with Gasteiger partial charge in [0.1, 0.15) is 4.90 Å². The minimum absolute atomic E-state index is 0.0623. The first-order chi connectivity index (χ1) is 8.39. The van der Waals surface area contributed by atoms with Gasteiger partial charge in [0.15, 0.2) is 0 Å². The molecule has 0 saturated carbocycles. The van der Waals surface area contributed by atoms with E-state index in [0.717, 1.165) is 13.0 Å². The van der Waals surface area contributed by atoms with Gasteiger partial charge in [0.2, 0.25) is 10.0 Å². The van der Waals surface area contributed by atoms with E-state index in [4.69, 9.17) is 10.9 Å². The van der Waals surface area contributed by atoms with Crippen LogP contribution in [-0.4, -0.2) is 27.5 Å². The number of anilines is 1. The van der Waals surface area contributed by atoms with Crippen LogP contribution in [0.3, 0.4) is 0 Å². The fraction of sp³-hybridized carbons (Fsp3) is 0.500. The Morgan fingerprint density at radius 1 is 1.33 bits per heavy atom. The summed E-state index contributed by atoms with van der Waals surface area (Å²) in [4.78, 5) is 2.18. The van der Waals surface area contributed by atoms with Crippen molar-refractivity contribution in [3.8, 4) is 0 Å². The SMILES string of the molecule is CC1CCN(c2ccccc2S(N)(=O)=O)CC1N. The van der Waals surface area contributed by atoms with Crippen molar-refractivity contribution in [3.63, 3.8) is 0 Å². The quantitative estimate of drug-likeness (QED) is 0.818. The molecule has 0 spiro atoms. The predicted molar refractivity (Wildman–Crippen MR) is 71.8 cm³/mol. The van der Waals surface area contributed by atoms with Crippen LogP contribution in [0, 0.1) is 5.92 Å². The van der Waals surface area contributed by atoms with E-state index in [1.807, 2.05) is 11.0 Å². The van der Waals surface area contributed by atoms with Crippen LogP contribution in [0.1, 0.15) is 13.3 Å². The Morgan fingerprint density at radius 3 is 2.61 bits per heavy atom. The van der Waals surface area contributed by atoms with Gasteiger partial charge in [-0.1, -0.05) is 19.1 Å². The van der Waals surface area contributed by atoms with E-state index in [9.17, 15) is 8.42 Å². The molecule has 0 radical (unpaired) electrons. The molecule has 0 aromatic heterocycles. The van der Waals surface area contributed by atoms with Crippen molar-refractivity contribution in [2.24, 2.45) is 16.8 Å². The molecular weight excluding hydrogens is 250 g/mol. The predicted octanol–water partition coefficient (Wildman–Crippen LogP) is 0.508. The third-order valence-electron chi connectivity index (χ3n) is 3.53. The number of piperidine rings is 1. The molecule has 100 valence electrons. The van der Waals surface area contributed by atoms with Crippen molar-refractivity contribution in [3.05, 3.63) is 24.3 Å². The van der Waals surface area contributed by atoms with Crippen molar-refractivity contribution in [2.45, 2.75) is 24.3 Å². The number of rotatable bonds is 2. The highest BCUT2D eigenvalue weighted by Gasteiger charge is 2.26. The van der Waals surface area contributed by atoms with E-state index in [0.29, 0.717) is 18.2 Å². The van der Waals surface area contributed by atoms with Gasteiger partial charge in [-0.25, -0.2) is 13.6 Å². The average Bonchev–Trinajstić information content (AvgIpc) is 2.32. The van der Waals surface area contributed by atoms with E-state index >= 15 is 0 Å². The molecule has 2 unspecified atom stereocenters. The molecule has 1 saturated heterocycles. The summed E-state index contributed by atoms with van der Waals surface area (Å²) in [6.45, 7) is 3.59. The molecule has 18 heavy (non-hydrogen) atoms. The highest BCUT2D eigenvalue weighted by atomic mass is 32.2. The number of nitrogens with zero attached hydrogens (tertiary/aromatic N) is 1. The number of benzene rings is 1. The van der Waals surface area contributed by atoms with Crippen LogP contribution in [0.2, 0.25) is 0 Å². The lowest BCUT2D eigenvalue weighted by atomic mass is 9.94. The van der Waals surface area contributed by atoms with Crippen molar-refractivity contribution in [1.29, 1.82) is 0 Å². The number of para-hydroxylation sites is 1. The summed E-state index contributed by atoms with van der Waals surface area (Å²) in [7, 11) is -3.70. The van der Waals surface area contributed by atoms with Gasteiger partial charge < -0.3 is 10.6 Å². The summed E-state index contributed by atoms with van der Waals surface area (Å²) in [6, 6.07) is 6.87. The lowest BCUT2D eigenvalue weighted by molar-refractivity contribution is 0.378. The Hall–Kier alpha value is -1.11. The zero-order valence-electron chi connectivity index (χ0n) is 10.4. The summed E-state index contributed by atoms with van der Waals surface area (Å²) < 4.78 is 23.1. The van der Waals surface area contributed by atoms with Crippen LogP contribution in [0.4, 0.5) is 5.69 Å². The normalized spacial score (nSPS) is 25.2. The Kier molecular flexibility index (Phi) is 3.61. The molecule has 0 amide bonds. The average molecular weight is 269 g/mol. The second kappa shape index (κ2) is 4.87. The molecule has 1 fully saturated rings. The van der Waals surface area contributed by atoms with Crippen LogP contribution < -0.4 is 15.8 Å². The van der Waals surface area contributed by atoms with Gasteiger partial charge in [0.25, 0.3) is 0 Å². The minimum Gasteiger partial charge on any atom is -0.369 e. The topological polar surface area (TPSA) is 89.4 Å². The highest BCUT2D eigenvalue weighted by molar-refractivity contribution is 7.89. The molecule has 2 rings (SSSR count). The largest absolute Gasteiger partial charge is 0.369 e. The van der Waals surface area contributed by atoms with Crippen LogP contribution in [0.15, 0.2) is 29.2 Å². The maximum Gasteiger partial charge on any atom is 0.240 e. The monoisotopic (exact) mass is 269 g/mol. The highest BCUT2D eigenvalue weighted by Crippen LogP contribution is 2.27. The van der Waals surface area contributed by atoms with Crippen LogP contribution in [0.5, 0.6) is 0 Å². The van der Waals surface area contributed by atoms with Gasteiger partial charge in [-0.05, 0) is 24.5 Å². The third-order valence-corrected chi connectivity index (χ3v) is 4.49. The van der Waals surface area contributed by atoms with Crippen molar-refractivity contribution >= 4 is 15.7 Å². The van der Waals surface area contributed by atoms with E-state index in [2.05, 4.69) is 6.92 Å². The summed E-state index contributed by atoms with van der Waals surface area (Å²) in [6.07, 6.45) is 0.958. The Bertz CT molecular complexity index is 530. The molecule has 5 nitrogen and oxygen atoms in total. The summed E-state index contributed by atoms with van der Waals surface area (Å²) >= 11 is 0. The summed E-state index contributed by atoms with van der Waals surface area (Å²) in [5.41, 5.74) is 6.70. The van der Waals surface area contributed by atoms with Gasteiger partial charge in [-0.2, -0.15) is 0 Å². The maximum atomic E-state index is 11.6. The third kappa shape index (κ3) is 2.66. The van der Waals surface area contributed by atoms with Crippen molar-refractivity contribution in [1.82, 2.24) is 0 Å². The molecule has 1 aliphatic heterocycles. The Morgan fingerprint density at radius 2 is 2.00 bits per heavy atom. The van der Waals surface area contributed by atoms with Crippen molar-refractivity contribution < 1.29 is 8.42 Å². The molecule has 0 aliphatic carbocycles. The first kappa shape index (κ1) is 13.3. The lowest BCUT2D eigenvalue weighted by Gasteiger charge is -2.37. The standard InChI is InChI=1S/C12H19N3O2S/c1-9-6-7-15(8-10(9)13)11-4-2-3-5-12(11)18(14,16)17/h2-5,9-10H,6-8,13H2,1H3,(H2,14,16,17). The van der Waals surface area contributed by atoms with E-state index in [1.165, 1.54) is 6.07 Å². The number of sulfonamides is 1. The number of hydrogen-bond acceptors (Lipinski definition) is 4. The summed E-state index contributed by atoms with van der Waals surface area (Å²) in [5, 5.41) is 5.24.